The summed E-state index contributed by atoms with van der Waals surface area (Å²) >= 11 is 7.63. The Morgan fingerprint density at radius 3 is 2.43 bits per heavy atom. The number of benzene rings is 2. The van der Waals surface area contributed by atoms with Crippen molar-refractivity contribution in [2.24, 2.45) is 0 Å². The van der Waals surface area contributed by atoms with Gasteiger partial charge in [0, 0.05) is 36.4 Å². The van der Waals surface area contributed by atoms with Crippen LogP contribution in [0.15, 0.2) is 76.8 Å². The molecule has 0 aliphatic rings. The Balaban J connectivity index is 1.71. The van der Waals surface area contributed by atoms with Gasteiger partial charge >= 0.3 is 0 Å². The molecule has 2 amide bonds. The number of hydrogen-bond acceptors (Lipinski definition) is 4. The van der Waals surface area contributed by atoms with E-state index in [0.29, 0.717) is 21.8 Å². The zero-order chi connectivity index (χ0) is 20.1. The van der Waals surface area contributed by atoms with Gasteiger partial charge in [0.25, 0.3) is 11.8 Å². The fourth-order valence-corrected chi connectivity index (χ4v) is 3.39. The fourth-order valence-electron chi connectivity index (χ4n) is 2.41. The molecule has 2 aromatic carbocycles. The summed E-state index contributed by atoms with van der Waals surface area (Å²) < 4.78 is 0. The van der Waals surface area contributed by atoms with Crippen LogP contribution < -0.4 is 5.32 Å². The largest absolute Gasteiger partial charge is 0.345 e. The molecule has 0 radical (unpaired) electrons. The maximum Gasteiger partial charge on any atom is 0.255 e. The lowest BCUT2D eigenvalue weighted by Gasteiger charge is -2.13. The van der Waals surface area contributed by atoms with Gasteiger partial charge in [-0.1, -0.05) is 29.4 Å². The molecule has 28 heavy (non-hydrogen) atoms. The zero-order valence-corrected chi connectivity index (χ0v) is 16.9. The van der Waals surface area contributed by atoms with Crippen LogP contribution in [0.1, 0.15) is 20.7 Å². The van der Waals surface area contributed by atoms with Crippen molar-refractivity contribution in [1.29, 1.82) is 0 Å². The number of nitrogens with one attached hydrogen (secondary N) is 1. The lowest BCUT2D eigenvalue weighted by Crippen LogP contribution is -2.22. The third-order valence-corrected chi connectivity index (χ3v) is 5.13. The van der Waals surface area contributed by atoms with Gasteiger partial charge < -0.3 is 10.2 Å². The number of rotatable bonds is 5. The molecule has 142 valence electrons. The van der Waals surface area contributed by atoms with Crippen molar-refractivity contribution >= 4 is 40.9 Å². The maximum absolute atomic E-state index is 12.5. The van der Waals surface area contributed by atoms with Crippen molar-refractivity contribution in [3.63, 3.8) is 0 Å². The van der Waals surface area contributed by atoms with Crippen molar-refractivity contribution in [1.82, 2.24) is 9.88 Å². The van der Waals surface area contributed by atoms with E-state index < -0.39 is 0 Å². The van der Waals surface area contributed by atoms with Gasteiger partial charge in [0.2, 0.25) is 0 Å². The summed E-state index contributed by atoms with van der Waals surface area (Å²) in [5.74, 6) is -0.489. The smallest absolute Gasteiger partial charge is 0.255 e. The molecule has 0 aliphatic heterocycles. The zero-order valence-electron chi connectivity index (χ0n) is 15.3. The number of nitrogens with zero attached hydrogens (tertiary/aromatic N) is 2. The molecule has 3 aromatic rings. The van der Waals surface area contributed by atoms with E-state index >= 15 is 0 Å². The van der Waals surface area contributed by atoms with E-state index in [1.165, 1.54) is 16.7 Å². The molecular weight excluding hydrogens is 394 g/mol. The highest BCUT2D eigenvalue weighted by Crippen LogP contribution is 2.26. The molecule has 0 bridgehead atoms. The van der Waals surface area contributed by atoms with Crippen LogP contribution in [0.5, 0.6) is 0 Å². The minimum absolute atomic E-state index is 0.225. The van der Waals surface area contributed by atoms with Crippen LogP contribution in [0, 0.1) is 0 Å². The van der Waals surface area contributed by atoms with Crippen LogP contribution >= 0.6 is 23.4 Å². The van der Waals surface area contributed by atoms with E-state index in [0.717, 1.165) is 9.92 Å². The molecule has 1 aromatic heterocycles. The Morgan fingerprint density at radius 2 is 1.79 bits per heavy atom. The molecule has 0 spiro atoms. The van der Waals surface area contributed by atoms with E-state index in [1.807, 2.05) is 30.3 Å². The summed E-state index contributed by atoms with van der Waals surface area (Å²) in [7, 11) is 3.29. The van der Waals surface area contributed by atoms with Gasteiger partial charge in [0.1, 0.15) is 5.03 Å². The molecule has 1 heterocycles. The molecule has 0 aliphatic carbocycles. The van der Waals surface area contributed by atoms with Crippen LogP contribution in [0.2, 0.25) is 5.02 Å². The lowest BCUT2D eigenvalue weighted by atomic mass is 10.1. The number of carbonyl (C=O) groups excluding carboxylic acids is 2. The quantitative estimate of drug-likeness (QED) is 0.652. The third kappa shape index (κ3) is 4.91. The molecule has 5 nitrogen and oxygen atoms in total. The average molecular weight is 412 g/mol. The van der Waals surface area contributed by atoms with Gasteiger partial charge in [-0.2, -0.15) is 0 Å². The second kappa shape index (κ2) is 8.91. The SMILES string of the molecule is CN(C)C(=O)c1cc(NC(=O)c2ccc(Sc3ccccn3)cc2)ccc1Cl. The van der Waals surface area contributed by atoms with Crippen LogP contribution in [-0.4, -0.2) is 35.8 Å². The second-order valence-corrected chi connectivity index (χ2v) is 7.64. The number of pyridine rings is 1. The molecule has 0 saturated heterocycles. The Bertz CT molecular complexity index is 992. The van der Waals surface area contributed by atoms with Crippen molar-refractivity contribution < 1.29 is 9.59 Å². The van der Waals surface area contributed by atoms with Crippen LogP contribution in [0.3, 0.4) is 0 Å². The molecule has 0 saturated carbocycles. The Labute approximate surface area is 172 Å². The van der Waals surface area contributed by atoms with Crippen molar-refractivity contribution in [3.05, 3.63) is 83.0 Å². The van der Waals surface area contributed by atoms with Crippen LogP contribution in [0.4, 0.5) is 5.69 Å². The van der Waals surface area contributed by atoms with Gasteiger partial charge in [-0.05, 0) is 54.6 Å². The first kappa shape index (κ1) is 19.9. The summed E-state index contributed by atoms with van der Waals surface area (Å²) in [5, 5.41) is 4.03. The Kier molecular flexibility index (Phi) is 6.34. The topological polar surface area (TPSA) is 62.3 Å². The number of carbonyl (C=O) groups is 2. The first-order chi connectivity index (χ1) is 13.4. The minimum atomic E-state index is -0.264. The molecule has 1 N–H and O–H groups in total. The van der Waals surface area contributed by atoms with Crippen molar-refractivity contribution in [2.75, 3.05) is 19.4 Å². The van der Waals surface area contributed by atoms with Crippen molar-refractivity contribution in [3.8, 4) is 0 Å². The number of aromatic nitrogens is 1. The molecule has 7 heteroatoms. The highest BCUT2D eigenvalue weighted by Gasteiger charge is 2.14. The normalized spacial score (nSPS) is 10.4. The molecule has 3 rings (SSSR count). The molecule has 0 atom stereocenters. The monoisotopic (exact) mass is 411 g/mol. The summed E-state index contributed by atoms with van der Waals surface area (Å²) in [6, 6.07) is 17.8. The Morgan fingerprint density at radius 1 is 1.04 bits per heavy atom. The van der Waals surface area contributed by atoms with E-state index in [9.17, 15) is 9.59 Å². The fraction of sp³-hybridized carbons (Fsp3) is 0.0952. The van der Waals surface area contributed by atoms with E-state index in [-0.39, 0.29) is 11.8 Å². The van der Waals surface area contributed by atoms with Crippen molar-refractivity contribution in [2.45, 2.75) is 9.92 Å². The summed E-state index contributed by atoms with van der Waals surface area (Å²) in [6.45, 7) is 0. The third-order valence-electron chi connectivity index (χ3n) is 3.84. The second-order valence-electron chi connectivity index (χ2n) is 6.14. The van der Waals surface area contributed by atoms with Crippen LogP contribution in [0.25, 0.3) is 0 Å². The minimum Gasteiger partial charge on any atom is -0.345 e. The molecule has 0 unspecified atom stereocenters. The highest BCUT2D eigenvalue weighted by molar-refractivity contribution is 7.99. The summed E-state index contributed by atoms with van der Waals surface area (Å²) in [6.07, 6.45) is 1.74. The lowest BCUT2D eigenvalue weighted by molar-refractivity contribution is 0.0827. The summed E-state index contributed by atoms with van der Waals surface area (Å²) in [4.78, 5) is 31.4. The predicted molar refractivity (Wildman–Crippen MR) is 112 cm³/mol. The number of halogens is 1. The number of hydrogen-bond donors (Lipinski definition) is 1. The van der Waals surface area contributed by atoms with E-state index in [4.69, 9.17) is 11.6 Å². The van der Waals surface area contributed by atoms with E-state index in [2.05, 4.69) is 10.3 Å². The predicted octanol–water partition coefficient (Wildman–Crippen LogP) is 4.84. The average Bonchev–Trinajstić information content (AvgIpc) is 2.70. The first-order valence-corrected chi connectivity index (χ1v) is 9.65. The standard InChI is InChI=1S/C21H18ClN3O2S/c1-25(2)21(27)17-13-15(8-11-18(17)22)24-20(26)14-6-9-16(10-7-14)28-19-5-3-4-12-23-19/h3-13H,1-2H3,(H,24,26). The first-order valence-electron chi connectivity index (χ1n) is 8.45. The summed E-state index contributed by atoms with van der Waals surface area (Å²) in [5.41, 5.74) is 1.36. The van der Waals surface area contributed by atoms with E-state index in [1.54, 1.807) is 50.6 Å². The van der Waals surface area contributed by atoms with Gasteiger partial charge in [-0.25, -0.2) is 4.98 Å². The highest BCUT2D eigenvalue weighted by atomic mass is 35.5. The molecular formula is C21H18ClN3O2S. The maximum atomic E-state index is 12.5. The molecule has 0 fully saturated rings. The van der Waals surface area contributed by atoms with Gasteiger partial charge in [-0.3, -0.25) is 9.59 Å². The number of amides is 2. The Hall–Kier alpha value is -2.83. The van der Waals surface area contributed by atoms with Crippen LogP contribution in [-0.2, 0) is 0 Å². The van der Waals surface area contributed by atoms with Gasteiger partial charge in [-0.15, -0.1) is 0 Å². The van der Waals surface area contributed by atoms with Gasteiger partial charge in [0.15, 0.2) is 0 Å². The number of anilines is 1. The van der Waals surface area contributed by atoms with Gasteiger partial charge in [0.05, 0.1) is 10.6 Å².